The Kier molecular flexibility index (Phi) is 6.75. The number of hydrogen-bond acceptors (Lipinski definition) is 4. The molecule has 1 aliphatic heterocycles. The average Bonchev–Trinajstić information content (AvgIpc) is 2.91. The number of benzene rings is 3. The lowest BCUT2D eigenvalue weighted by Gasteiger charge is -2.35. The van der Waals surface area contributed by atoms with Crippen LogP contribution >= 0.6 is 0 Å². The van der Waals surface area contributed by atoms with Crippen molar-refractivity contribution in [2.24, 2.45) is 0 Å². The Hall–Kier alpha value is -4.13. The van der Waals surface area contributed by atoms with Crippen molar-refractivity contribution in [1.29, 1.82) is 0 Å². The Balaban J connectivity index is 1.28. The van der Waals surface area contributed by atoms with E-state index in [0.717, 1.165) is 23.0 Å². The van der Waals surface area contributed by atoms with E-state index in [0.29, 0.717) is 45.1 Å². The number of urea groups is 1. The quantitative estimate of drug-likeness (QED) is 0.471. The van der Waals surface area contributed by atoms with E-state index in [4.69, 9.17) is 4.98 Å². The molecule has 1 N–H and O–H groups in total. The summed E-state index contributed by atoms with van der Waals surface area (Å²) in [5.41, 5.74) is 3.77. The smallest absolute Gasteiger partial charge is 0.317 e. The van der Waals surface area contributed by atoms with E-state index in [9.17, 15) is 9.59 Å². The first-order chi connectivity index (χ1) is 17.2. The lowest BCUT2D eigenvalue weighted by molar-refractivity contribution is 0.194. The number of hydrogen-bond donors (Lipinski definition) is 1. The molecule has 1 aliphatic rings. The summed E-state index contributed by atoms with van der Waals surface area (Å²) < 4.78 is 1.80. The summed E-state index contributed by atoms with van der Waals surface area (Å²) >= 11 is 0. The highest BCUT2D eigenvalue weighted by molar-refractivity contribution is 5.77. The van der Waals surface area contributed by atoms with E-state index >= 15 is 0 Å². The Morgan fingerprint density at radius 1 is 0.800 bits per heavy atom. The topological polar surface area (TPSA) is 70.5 Å². The molecule has 0 aliphatic carbocycles. The van der Waals surface area contributed by atoms with Crippen molar-refractivity contribution in [2.45, 2.75) is 13.0 Å². The Morgan fingerprint density at radius 2 is 1.43 bits per heavy atom. The molecule has 4 aromatic rings. The predicted molar refractivity (Wildman–Crippen MR) is 139 cm³/mol. The highest BCUT2D eigenvalue weighted by Gasteiger charge is 2.24. The van der Waals surface area contributed by atoms with Crippen molar-refractivity contribution in [3.8, 4) is 0 Å². The minimum Gasteiger partial charge on any atom is -0.348 e. The molecule has 0 saturated carbocycles. The largest absolute Gasteiger partial charge is 0.348 e. The molecule has 1 aromatic heterocycles. The van der Waals surface area contributed by atoms with Gasteiger partial charge in [-0.25, -0.2) is 9.78 Å². The van der Waals surface area contributed by atoms with Gasteiger partial charge in [0, 0.05) is 32.7 Å². The SMILES string of the molecule is O=C(NCCc1ccccc1)N1CCN(c2nc3ccccc3n(Cc3ccccc3)c2=O)CC1. The summed E-state index contributed by atoms with van der Waals surface area (Å²) in [5, 5.41) is 3.01. The van der Waals surface area contributed by atoms with Gasteiger partial charge in [-0.2, -0.15) is 0 Å². The van der Waals surface area contributed by atoms with Crippen molar-refractivity contribution in [3.05, 3.63) is 106 Å². The summed E-state index contributed by atoms with van der Waals surface area (Å²) in [7, 11) is 0. The van der Waals surface area contributed by atoms with Crippen molar-refractivity contribution >= 4 is 22.9 Å². The van der Waals surface area contributed by atoms with Gasteiger partial charge in [0.1, 0.15) is 0 Å². The molecule has 2 amide bonds. The molecule has 1 saturated heterocycles. The first kappa shape index (κ1) is 22.7. The molecule has 5 rings (SSSR count). The molecular formula is C28H29N5O2. The van der Waals surface area contributed by atoms with E-state index in [1.807, 2.05) is 82.6 Å². The fraction of sp³-hybridized carbons (Fsp3) is 0.250. The van der Waals surface area contributed by atoms with Crippen LogP contribution in [0.5, 0.6) is 0 Å². The molecule has 178 valence electrons. The second kappa shape index (κ2) is 10.4. The third-order valence-electron chi connectivity index (χ3n) is 6.42. The summed E-state index contributed by atoms with van der Waals surface area (Å²) in [5.74, 6) is 0.448. The Morgan fingerprint density at radius 3 is 2.14 bits per heavy atom. The number of nitrogens with zero attached hydrogens (tertiary/aromatic N) is 4. The molecule has 1 fully saturated rings. The van der Waals surface area contributed by atoms with Gasteiger partial charge in [-0.15, -0.1) is 0 Å². The lowest BCUT2D eigenvalue weighted by atomic mass is 10.1. The van der Waals surface area contributed by atoms with Crippen molar-refractivity contribution in [2.75, 3.05) is 37.6 Å². The maximum absolute atomic E-state index is 13.5. The molecule has 0 radical (unpaired) electrons. The number of nitrogens with one attached hydrogen (secondary N) is 1. The zero-order valence-electron chi connectivity index (χ0n) is 19.6. The van der Waals surface area contributed by atoms with Crippen LogP contribution in [0.2, 0.25) is 0 Å². The highest BCUT2D eigenvalue weighted by atomic mass is 16.2. The first-order valence-electron chi connectivity index (χ1n) is 12.0. The van der Waals surface area contributed by atoms with Gasteiger partial charge in [0.05, 0.1) is 17.6 Å². The van der Waals surface area contributed by atoms with E-state index in [2.05, 4.69) is 17.4 Å². The van der Waals surface area contributed by atoms with Gasteiger partial charge in [0.25, 0.3) is 5.56 Å². The number of piperazine rings is 1. The maximum atomic E-state index is 13.5. The zero-order valence-corrected chi connectivity index (χ0v) is 19.6. The van der Waals surface area contributed by atoms with Crippen molar-refractivity contribution in [3.63, 3.8) is 0 Å². The van der Waals surface area contributed by atoms with Gasteiger partial charge in [-0.05, 0) is 29.7 Å². The normalized spacial score (nSPS) is 13.7. The monoisotopic (exact) mass is 467 g/mol. The number of carbonyl (C=O) groups excluding carboxylic acids is 1. The van der Waals surface area contributed by atoms with Crippen LogP contribution in [0.4, 0.5) is 10.6 Å². The fourth-order valence-electron chi connectivity index (χ4n) is 4.50. The zero-order chi connectivity index (χ0) is 24.0. The van der Waals surface area contributed by atoms with E-state index in [1.54, 1.807) is 4.57 Å². The number of amides is 2. The number of fused-ring (bicyclic) bond motifs is 1. The van der Waals surface area contributed by atoms with Gasteiger partial charge in [-0.1, -0.05) is 72.8 Å². The summed E-state index contributed by atoms with van der Waals surface area (Å²) in [6, 6.07) is 27.8. The minimum absolute atomic E-state index is 0.0615. The summed E-state index contributed by atoms with van der Waals surface area (Å²) in [4.78, 5) is 34.7. The van der Waals surface area contributed by atoms with Crippen LogP contribution in [-0.4, -0.2) is 53.2 Å². The van der Waals surface area contributed by atoms with Crippen LogP contribution in [0.15, 0.2) is 89.7 Å². The first-order valence-corrected chi connectivity index (χ1v) is 12.0. The predicted octanol–water partition coefficient (Wildman–Crippen LogP) is 3.52. The van der Waals surface area contributed by atoms with E-state index in [1.165, 1.54) is 5.56 Å². The number of carbonyl (C=O) groups is 1. The number of rotatable bonds is 6. The summed E-state index contributed by atoms with van der Waals surface area (Å²) in [6.07, 6.45) is 0.800. The number of para-hydroxylation sites is 2. The van der Waals surface area contributed by atoms with Crippen LogP contribution in [0, 0.1) is 0 Å². The van der Waals surface area contributed by atoms with Gasteiger partial charge in [0.2, 0.25) is 0 Å². The van der Waals surface area contributed by atoms with E-state index in [-0.39, 0.29) is 11.6 Å². The van der Waals surface area contributed by atoms with Crippen LogP contribution < -0.4 is 15.8 Å². The molecule has 0 unspecified atom stereocenters. The molecule has 2 heterocycles. The minimum atomic E-state index is -0.103. The molecule has 0 spiro atoms. The average molecular weight is 468 g/mol. The molecule has 3 aromatic carbocycles. The lowest BCUT2D eigenvalue weighted by Crippen LogP contribution is -2.53. The van der Waals surface area contributed by atoms with Crippen molar-refractivity contribution < 1.29 is 4.79 Å². The molecule has 7 heteroatoms. The second-order valence-corrected chi connectivity index (χ2v) is 8.74. The van der Waals surface area contributed by atoms with Gasteiger partial charge in [0.15, 0.2) is 5.82 Å². The van der Waals surface area contributed by atoms with Crippen molar-refractivity contribution in [1.82, 2.24) is 19.8 Å². The van der Waals surface area contributed by atoms with Crippen LogP contribution in [0.25, 0.3) is 11.0 Å². The molecule has 0 atom stereocenters. The van der Waals surface area contributed by atoms with Crippen LogP contribution in [-0.2, 0) is 13.0 Å². The second-order valence-electron chi connectivity index (χ2n) is 8.74. The van der Waals surface area contributed by atoms with Gasteiger partial charge < -0.3 is 15.1 Å². The van der Waals surface area contributed by atoms with Gasteiger partial charge >= 0.3 is 6.03 Å². The van der Waals surface area contributed by atoms with Crippen LogP contribution in [0.1, 0.15) is 11.1 Å². The molecule has 7 nitrogen and oxygen atoms in total. The third kappa shape index (κ3) is 5.19. The maximum Gasteiger partial charge on any atom is 0.317 e. The third-order valence-corrected chi connectivity index (χ3v) is 6.42. The molecule has 35 heavy (non-hydrogen) atoms. The number of anilines is 1. The van der Waals surface area contributed by atoms with E-state index < -0.39 is 0 Å². The highest BCUT2D eigenvalue weighted by Crippen LogP contribution is 2.17. The Labute approximate surface area is 204 Å². The van der Waals surface area contributed by atoms with Crippen LogP contribution in [0.3, 0.4) is 0 Å². The fourth-order valence-corrected chi connectivity index (χ4v) is 4.50. The van der Waals surface area contributed by atoms with Gasteiger partial charge in [-0.3, -0.25) is 9.36 Å². The summed E-state index contributed by atoms with van der Waals surface area (Å²) in [6.45, 7) is 3.31. The Bertz CT molecular complexity index is 1350. The molecular weight excluding hydrogens is 438 g/mol. The number of aromatic nitrogens is 2. The molecule has 0 bridgehead atoms. The standard InChI is InChI=1S/C28H29N5O2/c34-27-26(30-24-13-7-8-14-25(24)33(27)21-23-11-5-2-6-12-23)31-17-19-32(20-18-31)28(35)29-16-15-22-9-3-1-4-10-22/h1-14H,15-21H2,(H,29,35).